The van der Waals surface area contributed by atoms with Crippen LogP contribution in [0.15, 0.2) is 41.4 Å². The van der Waals surface area contributed by atoms with Gasteiger partial charge in [-0.2, -0.15) is 0 Å². The van der Waals surface area contributed by atoms with Crippen LogP contribution < -0.4 is 20.9 Å². The van der Waals surface area contributed by atoms with Crippen LogP contribution in [0.5, 0.6) is 0 Å². The van der Waals surface area contributed by atoms with E-state index in [4.69, 9.17) is 4.98 Å². The van der Waals surface area contributed by atoms with Crippen LogP contribution in [0, 0.1) is 0 Å². The topological polar surface area (TPSA) is 81.7 Å². The molecule has 1 amide bonds. The van der Waals surface area contributed by atoms with Gasteiger partial charge in [0.25, 0.3) is 0 Å². The molecule has 0 bridgehead atoms. The quantitative estimate of drug-likeness (QED) is 0.495. The molecule has 1 heterocycles. The summed E-state index contributed by atoms with van der Waals surface area (Å²) in [5, 5.41) is 10.2. The highest BCUT2D eigenvalue weighted by Crippen LogP contribution is 2.37. The zero-order valence-corrected chi connectivity index (χ0v) is 19.7. The minimum atomic E-state index is 0.0473. The number of anilines is 3. The first-order valence-corrected chi connectivity index (χ1v) is 11.4. The third-order valence-corrected chi connectivity index (χ3v) is 6.05. The molecule has 7 nitrogen and oxygen atoms in total. The van der Waals surface area contributed by atoms with Gasteiger partial charge in [-0.15, -0.1) is 0 Å². The van der Waals surface area contributed by atoms with Gasteiger partial charge in [0.05, 0.1) is 5.69 Å². The van der Waals surface area contributed by atoms with Gasteiger partial charge in [0.1, 0.15) is 11.5 Å². The molecule has 3 N–H and O–H groups in total. The Kier molecular flexibility index (Phi) is 8.09. The first kappa shape index (κ1) is 23.6. The number of pyridine rings is 1. The van der Waals surface area contributed by atoms with Crippen LogP contribution in [0.3, 0.4) is 0 Å². The highest BCUT2D eigenvalue weighted by Gasteiger charge is 2.23. The van der Waals surface area contributed by atoms with Crippen molar-refractivity contribution in [2.75, 3.05) is 22.6 Å². The summed E-state index contributed by atoms with van der Waals surface area (Å²) in [4.78, 5) is 22.7. The van der Waals surface area contributed by atoms with Gasteiger partial charge in [0.2, 0.25) is 5.91 Å². The van der Waals surface area contributed by atoms with Crippen LogP contribution in [-0.4, -0.2) is 42.8 Å². The molecule has 1 aliphatic carbocycles. The number of hydrogen-bond donors (Lipinski definition) is 3. The summed E-state index contributed by atoms with van der Waals surface area (Å²) >= 11 is 0. The van der Waals surface area contributed by atoms with Gasteiger partial charge in [0, 0.05) is 44.7 Å². The predicted octanol–water partition coefficient (Wildman–Crippen LogP) is 4.73. The minimum absolute atomic E-state index is 0.0473. The Hall–Kier alpha value is -3.09. The molecule has 32 heavy (non-hydrogen) atoms. The lowest BCUT2D eigenvalue weighted by Gasteiger charge is -2.31. The zero-order valence-electron chi connectivity index (χ0n) is 19.7. The standard InChI is InChI=1S/C25H36N6O/c1-17(2)31(5)25-24(26-4)22(27-16-19-9-7-6-8-10-19)15-23(30-25)29-21-13-11-20(12-14-21)28-18(3)32/h6-10,15,17,20-21H,4,11-14,16H2,1-3,5H3,(H,28,32)(H2,27,29,30). The molecular weight excluding hydrogens is 400 g/mol. The molecule has 1 saturated carbocycles. The molecule has 0 unspecified atom stereocenters. The van der Waals surface area contributed by atoms with E-state index in [9.17, 15) is 4.79 Å². The number of benzene rings is 1. The molecular formula is C25H36N6O. The number of amides is 1. The van der Waals surface area contributed by atoms with Gasteiger partial charge in [-0.1, -0.05) is 30.3 Å². The maximum atomic E-state index is 11.3. The van der Waals surface area contributed by atoms with Crippen molar-refractivity contribution >= 4 is 35.6 Å². The van der Waals surface area contributed by atoms with E-state index in [1.165, 1.54) is 5.56 Å². The Morgan fingerprint density at radius 1 is 1.19 bits per heavy atom. The molecule has 3 rings (SSSR count). The van der Waals surface area contributed by atoms with Gasteiger partial charge in [0.15, 0.2) is 5.82 Å². The van der Waals surface area contributed by atoms with Gasteiger partial charge in [-0.25, -0.2) is 4.98 Å². The Morgan fingerprint density at radius 2 is 1.84 bits per heavy atom. The second kappa shape index (κ2) is 11.0. The Labute approximate surface area is 191 Å². The van der Waals surface area contributed by atoms with Crippen molar-refractivity contribution in [2.45, 2.75) is 71.1 Å². The van der Waals surface area contributed by atoms with Crippen LogP contribution in [-0.2, 0) is 11.3 Å². The molecule has 0 aliphatic heterocycles. The number of nitrogens with zero attached hydrogens (tertiary/aromatic N) is 3. The van der Waals surface area contributed by atoms with Crippen molar-refractivity contribution in [3.05, 3.63) is 42.0 Å². The summed E-state index contributed by atoms with van der Waals surface area (Å²) < 4.78 is 0. The molecule has 7 heteroatoms. The van der Waals surface area contributed by atoms with Crippen LogP contribution in [0.4, 0.5) is 23.0 Å². The van der Waals surface area contributed by atoms with Gasteiger partial charge in [-0.3, -0.25) is 9.79 Å². The van der Waals surface area contributed by atoms with E-state index in [0.717, 1.165) is 48.7 Å². The average Bonchev–Trinajstić information content (AvgIpc) is 2.78. The minimum Gasteiger partial charge on any atom is -0.379 e. The predicted molar refractivity (Wildman–Crippen MR) is 134 cm³/mol. The maximum absolute atomic E-state index is 11.3. The van der Waals surface area contributed by atoms with Crippen molar-refractivity contribution in [3.8, 4) is 0 Å². The van der Waals surface area contributed by atoms with Crippen molar-refractivity contribution in [2.24, 2.45) is 4.99 Å². The van der Waals surface area contributed by atoms with Crippen molar-refractivity contribution in [3.63, 3.8) is 0 Å². The maximum Gasteiger partial charge on any atom is 0.217 e. The lowest BCUT2D eigenvalue weighted by Crippen LogP contribution is -2.39. The lowest BCUT2D eigenvalue weighted by molar-refractivity contribution is -0.119. The largest absolute Gasteiger partial charge is 0.379 e. The van der Waals surface area contributed by atoms with Crippen molar-refractivity contribution in [1.82, 2.24) is 10.3 Å². The Balaban J connectivity index is 1.81. The number of carbonyl (C=O) groups is 1. The van der Waals surface area contributed by atoms with Crippen LogP contribution >= 0.6 is 0 Å². The smallest absolute Gasteiger partial charge is 0.217 e. The zero-order chi connectivity index (χ0) is 23.1. The average molecular weight is 437 g/mol. The summed E-state index contributed by atoms with van der Waals surface area (Å²) in [6.07, 6.45) is 3.94. The fourth-order valence-electron chi connectivity index (χ4n) is 4.05. The lowest BCUT2D eigenvalue weighted by atomic mass is 9.91. The Morgan fingerprint density at radius 3 is 2.44 bits per heavy atom. The monoisotopic (exact) mass is 436 g/mol. The van der Waals surface area contributed by atoms with E-state index >= 15 is 0 Å². The van der Waals surface area contributed by atoms with Crippen molar-refractivity contribution < 1.29 is 4.79 Å². The van der Waals surface area contributed by atoms with Gasteiger partial charge in [-0.05, 0) is 51.8 Å². The summed E-state index contributed by atoms with van der Waals surface area (Å²) in [7, 11) is 2.03. The third kappa shape index (κ3) is 6.22. The normalized spacial score (nSPS) is 18.2. The molecule has 0 radical (unpaired) electrons. The molecule has 172 valence electrons. The fourth-order valence-corrected chi connectivity index (χ4v) is 4.05. The number of nitrogens with one attached hydrogen (secondary N) is 3. The van der Waals surface area contributed by atoms with Crippen LogP contribution in [0.2, 0.25) is 0 Å². The number of aliphatic imine (C=N–C) groups is 1. The number of hydrogen-bond acceptors (Lipinski definition) is 6. The van der Waals surface area contributed by atoms with Crippen molar-refractivity contribution in [1.29, 1.82) is 0 Å². The van der Waals surface area contributed by atoms with Crippen LogP contribution in [0.1, 0.15) is 52.0 Å². The summed E-state index contributed by atoms with van der Waals surface area (Å²) in [5.41, 5.74) is 2.87. The first-order chi connectivity index (χ1) is 15.4. The second-order valence-electron chi connectivity index (χ2n) is 8.82. The Bertz CT molecular complexity index is 906. The van der Waals surface area contributed by atoms with E-state index in [0.29, 0.717) is 12.6 Å². The van der Waals surface area contributed by atoms with E-state index in [-0.39, 0.29) is 18.0 Å². The number of rotatable bonds is 9. The molecule has 0 spiro atoms. The molecule has 0 atom stereocenters. The molecule has 2 aromatic rings. The molecule has 1 aromatic carbocycles. The first-order valence-electron chi connectivity index (χ1n) is 11.4. The van der Waals surface area contributed by atoms with Gasteiger partial charge >= 0.3 is 0 Å². The SMILES string of the molecule is C=Nc1c(NCc2ccccc2)cc(NC2CCC(NC(C)=O)CC2)nc1N(C)C(C)C. The van der Waals surface area contributed by atoms with E-state index < -0.39 is 0 Å². The highest BCUT2D eigenvalue weighted by atomic mass is 16.1. The highest BCUT2D eigenvalue weighted by molar-refractivity contribution is 5.82. The van der Waals surface area contributed by atoms with E-state index in [2.05, 4.69) is 58.5 Å². The molecule has 1 aliphatic rings. The number of aromatic nitrogens is 1. The molecule has 1 fully saturated rings. The molecule has 0 saturated heterocycles. The van der Waals surface area contributed by atoms with Crippen LogP contribution in [0.25, 0.3) is 0 Å². The van der Waals surface area contributed by atoms with E-state index in [1.807, 2.05) is 31.3 Å². The summed E-state index contributed by atoms with van der Waals surface area (Å²) in [6, 6.07) is 13.2. The summed E-state index contributed by atoms with van der Waals surface area (Å²) in [5.74, 6) is 1.69. The fraction of sp³-hybridized carbons (Fsp3) is 0.480. The third-order valence-electron chi connectivity index (χ3n) is 6.05. The second-order valence-corrected chi connectivity index (χ2v) is 8.82. The molecule has 1 aromatic heterocycles. The van der Waals surface area contributed by atoms with E-state index in [1.54, 1.807) is 6.92 Å². The number of carbonyl (C=O) groups excluding carboxylic acids is 1. The summed E-state index contributed by atoms with van der Waals surface area (Å²) in [6.45, 7) is 10.4. The van der Waals surface area contributed by atoms with Gasteiger partial charge < -0.3 is 20.9 Å².